The summed E-state index contributed by atoms with van der Waals surface area (Å²) in [6.45, 7) is 4.18. The van der Waals surface area contributed by atoms with Gasteiger partial charge < -0.3 is 0 Å². The first-order valence-corrected chi connectivity index (χ1v) is 8.30. The van der Waals surface area contributed by atoms with E-state index in [1.807, 2.05) is 12.1 Å². The van der Waals surface area contributed by atoms with Crippen LogP contribution in [0.1, 0.15) is 0 Å². The van der Waals surface area contributed by atoms with E-state index < -0.39 is 10.0 Å². The van der Waals surface area contributed by atoms with Gasteiger partial charge in [0.05, 0.1) is 0 Å². The summed E-state index contributed by atoms with van der Waals surface area (Å²) in [5, 5.41) is 5.50. The molecule has 1 aromatic carbocycles. The second-order valence-corrected chi connectivity index (χ2v) is 7.12. The molecule has 0 atom stereocenters. The summed E-state index contributed by atoms with van der Waals surface area (Å²) in [4.78, 5) is 0.328. The molecular weight excluding hydrogens is 294 g/mol. The number of piperazine rings is 1. The first kappa shape index (κ1) is 14.0. The van der Waals surface area contributed by atoms with Gasteiger partial charge in [-0.2, -0.15) is 0 Å². The molecule has 1 aromatic heterocycles. The van der Waals surface area contributed by atoms with Crippen molar-refractivity contribution in [2.24, 2.45) is 0 Å². The minimum absolute atomic E-state index is 0.328. The Kier molecular flexibility index (Phi) is 3.82. The number of rotatable bonds is 2. The van der Waals surface area contributed by atoms with Crippen LogP contribution < -0.4 is 5.32 Å². The molecule has 3 rings (SSSR count). The maximum absolute atomic E-state index is 12.6. The number of fused-ring (bicyclic) bond motifs is 1. The van der Waals surface area contributed by atoms with E-state index >= 15 is 0 Å². The average Bonchev–Trinajstić information content (AvgIpc) is 2.48. The topological polar surface area (TPSA) is 49.4 Å². The van der Waals surface area contributed by atoms with Crippen molar-refractivity contribution < 1.29 is 8.42 Å². The Bertz CT molecular complexity index is 745. The van der Waals surface area contributed by atoms with Gasteiger partial charge in [-0.3, -0.25) is 0 Å². The van der Waals surface area contributed by atoms with Gasteiger partial charge in [-0.25, -0.2) is 0 Å². The normalized spacial score (nSPS) is 17.2. The van der Waals surface area contributed by atoms with E-state index in [0.717, 1.165) is 10.7 Å². The van der Waals surface area contributed by atoms with Crippen molar-refractivity contribution in [1.82, 2.24) is 9.62 Å². The second-order valence-electron chi connectivity index (χ2n) is 4.78. The minimum atomic E-state index is -3.42. The third-order valence-electron chi connectivity index (χ3n) is 3.51. The maximum atomic E-state index is 12.6. The molecule has 1 fully saturated rings. The van der Waals surface area contributed by atoms with Crippen molar-refractivity contribution in [2.75, 3.05) is 26.2 Å². The second kappa shape index (κ2) is 5.45. The molecule has 0 unspecified atom stereocenters. The van der Waals surface area contributed by atoms with Crippen molar-refractivity contribution in [3.05, 3.63) is 35.2 Å². The van der Waals surface area contributed by atoms with Crippen LogP contribution in [0.25, 0.3) is 10.7 Å². The Labute approximate surface area is 124 Å². The molecule has 20 heavy (non-hydrogen) atoms. The van der Waals surface area contributed by atoms with E-state index in [2.05, 4.69) is 5.32 Å². The van der Waals surface area contributed by atoms with E-state index in [-0.39, 0.29) is 0 Å². The van der Waals surface area contributed by atoms with Gasteiger partial charge in [0.15, 0.2) is 0 Å². The molecule has 7 heteroatoms. The quantitative estimate of drug-likeness (QED) is 0.913. The monoisotopic (exact) mass is 308 g/mol. The Morgan fingerprint density at radius 1 is 1.25 bits per heavy atom. The number of nitrogens with zero attached hydrogens (tertiary/aromatic N) is 1. The van der Waals surface area contributed by atoms with Crippen molar-refractivity contribution >= 4 is 39.2 Å². The molecule has 0 aliphatic carbocycles. The van der Waals surface area contributed by atoms with Gasteiger partial charge in [0.25, 0.3) is 0 Å². The Morgan fingerprint density at radius 3 is 2.75 bits per heavy atom. The molecule has 0 spiro atoms. The summed E-state index contributed by atoms with van der Waals surface area (Å²) in [5.74, 6) is 1.63. The zero-order valence-corrected chi connectivity index (χ0v) is 12.4. The molecule has 0 saturated carbocycles. The van der Waals surface area contributed by atoms with Gasteiger partial charge in [0.2, 0.25) is 0 Å². The molecule has 0 radical (unpaired) electrons. The van der Waals surface area contributed by atoms with Gasteiger partial charge in [0.1, 0.15) is 0 Å². The molecule has 1 aliphatic heterocycles. The van der Waals surface area contributed by atoms with Crippen LogP contribution in [0.15, 0.2) is 35.1 Å². The van der Waals surface area contributed by atoms with E-state index in [1.165, 1.54) is 4.31 Å². The molecule has 2 aromatic rings. The predicted octanol–water partition coefficient (Wildman–Crippen LogP) is 1.43. The van der Waals surface area contributed by atoms with Crippen molar-refractivity contribution in [2.45, 2.75) is 4.90 Å². The molecule has 104 valence electrons. The van der Waals surface area contributed by atoms with Crippen LogP contribution in [0, 0.1) is 0 Å². The number of hydrogen-bond acceptors (Lipinski definition) is 3. The van der Waals surface area contributed by atoms with E-state index in [9.17, 15) is 8.42 Å². The molecule has 2 heterocycles. The summed E-state index contributed by atoms with van der Waals surface area (Å²) in [7, 11) is -3.42. The van der Waals surface area contributed by atoms with Crippen LogP contribution in [0.3, 0.4) is 0 Å². The number of sulfonamides is 1. The van der Waals surface area contributed by atoms with Crippen molar-refractivity contribution in [3.8, 4) is 0 Å². The third-order valence-corrected chi connectivity index (χ3v) is 5.74. The number of hydrogen-bond donors (Lipinski definition) is 1. The molecule has 0 amide bonds. The fourth-order valence-electron chi connectivity index (χ4n) is 2.42. The fourth-order valence-corrected chi connectivity index (χ4v) is 4.14. The zero-order chi connectivity index (χ0) is 14.2. The summed E-state index contributed by atoms with van der Waals surface area (Å²) in [6.07, 6.45) is 0. The van der Waals surface area contributed by atoms with Crippen LogP contribution >= 0.6 is 11.6 Å². The van der Waals surface area contributed by atoms with Gasteiger partial charge in [-0.15, -0.1) is 0 Å². The van der Waals surface area contributed by atoms with E-state index in [4.69, 9.17) is 11.6 Å². The Morgan fingerprint density at radius 2 is 2.00 bits per heavy atom. The van der Waals surface area contributed by atoms with Crippen LogP contribution in [0.2, 0.25) is 5.02 Å². The van der Waals surface area contributed by atoms with Crippen LogP contribution in [-0.4, -0.2) is 45.8 Å². The first-order valence-electron chi connectivity index (χ1n) is 6.48. The summed E-state index contributed by atoms with van der Waals surface area (Å²) >= 11 is 6.10. The number of nitrogens with one attached hydrogen (secondary N) is 1. The van der Waals surface area contributed by atoms with Gasteiger partial charge in [0, 0.05) is 0 Å². The first-order chi connectivity index (χ1) is 9.59. The zero-order valence-electron chi connectivity index (χ0n) is 10.8. The number of halogens is 1. The Hall–Kier alpha value is -0.945. The van der Waals surface area contributed by atoms with Crippen LogP contribution in [0.4, 0.5) is 0 Å². The van der Waals surface area contributed by atoms with Gasteiger partial charge in [-0.1, -0.05) is 0 Å². The molecule has 4 nitrogen and oxygen atoms in total. The Balaban J connectivity index is 2.05. The van der Waals surface area contributed by atoms with Gasteiger partial charge >= 0.3 is 124 Å². The summed E-state index contributed by atoms with van der Waals surface area (Å²) in [5.41, 5.74) is 0. The third kappa shape index (κ3) is 2.49. The summed E-state index contributed by atoms with van der Waals surface area (Å²) < 4.78 is 26.7. The molecular formula is C13H14BClN2O2S. The van der Waals surface area contributed by atoms with E-state index in [0.29, 0.717) is 36.1 Å². The predicted molar refractivity (Wildman–Crippen MR) is 81.9 cm³/mol. The number of benzene rings is 1. The van der Waals surface area contributed by atoms with Gasteiger partial charge in [-0.05, 0) is 0 Å². The molecule has 0 bridgehead atoms. The fraction of sp³-hybridized carbons (Fsp3) is 0.308. The van der Waals surface area contributed by atoms with Crippen LogP contribution in [0.5, 0.6) is 0 Å². The standard InChI is InChI=1S/C13H14BClN2O2S/c15-12-3-1-2-10-8-11(9-14-13(10)12)20(18,19)17-6-4-16-5-7-17/h1-3,8-9,16H,4-7H2. The SMILES string of the molecule is O=S(=O)(c1cbc2c(Cl)cccc2c1)N1CCNCC1. The van der Waals surface area contributed by atoms with E-state index in [1.54, 1.807) is 25.0 Å². The molecule has 1 N–H and O–H groups in total. The molecule has 1 aliphatic rings. The average molecular weight is 309 g/mol. The van der Waals surface area contributed by atoms with Crippen molar-refractivity contribution in [3.63, 3.8) is 0 Å². The van der Waals surface area contributed by atoms with Crippen LogP contribution in [-0.2, 0) is 10.0 Å². The summed E-state index contributed by atoms with van der Waals surface area (Å²) in [6, 6.07) is 7.19. The molecule has 1 saturated heterocycles. The van der Waals surface area contributed by atoms with Crippen molar-refractivity contribution in [1.29, 1.82) is 0 Å².